The zero-order valence-electron chi connectivity index (χ0n) is 20.0. The number of benzene rings is 1. The van der Waals surface area contributed by atoms with Crippen LogP contribution < -0.4 is 11.5 Å². The number of imidazole rings is 1. The van der Waals surface area contributed by atoms with E-state index in [0.717, 1.165) is 11.1 Å². The van der Waals surface area contributed by atoms with E-state index < -0.39 is 36.6 Å². The van der Waals surface area contributed by atoms with Gasteiger partial charge in [0.15, 0.2) is 17.7 Å². The standard InChI is InChI=1S/C25H29N7O5/c1-2-15-5-7-16(8-6-15)4-3-10-31(11-9-17(26)25(35)36)12-18-20(33)21(34)24(37-18)32-14-30-19-22(27)28-13-29-23(19)32/h1,3-8,13-14,17-18,20-21,24,33-34H,9-12,26H2,(H,35,36)(H2,27,28,29)/b4-3+/t17-,18+,20+,21+,24+/m0/s1. The minimum atomic E-state index is -1.26. The van der Waals surface area contributed by atoms with Gasteiger partial charge in [0.2, 0.25) is 0 Å². The number of aromatic nitrogens is 4. The van der Waals surface area contributed by atoms with Crippen molar-refractivity contribution in [3.63, 3.8) is 0 Å². The van der Waals surface area contributed by atoms with Gasteiger partial charge < -0.3 is 31.5 Å². The van der Waals surface area contributed by atoms with Crippen LogP contribution in [0.3, 0.4) is 0 Å². The van der Waals surface area contributed by atoms with Crippen LogP contribution in [-0.4, -0.2) is 89.7 Å². The number of nitrogens with zero attached hydrogens (tertiary/aromatic N) is 5. The molecule has 194 valence electrons. The highest BCUT2D eigenvalue weighted by Crippen LogP contribution is 2.32. The Bertz CT molecular complexity index is 1300. The van der Waals surface area contributed by atoms with Crippen molar-refractivity contribution in [1.29, 1.82) is 0 Å². The SMILES string of the molecule is C#Cc1ccc(/C=C/CN(CC[C@H](N)C(=O)O)C[C@H]2O[C@@H](n3cnc4c(N)ncnc43)[C@H](O)[C@@H]2O)cc1. The van der Waals surface area contributed by atoms with E-state index in [1.807, 2.05) is 41.3 Å². The predicted octanol–water partition coefficient (Wildman–Crippen LogP) is -0.174. The fraction of sp³-hybridized carbons (Fsp3) is 0.360. The summed E-state index contributed by atoms with van der Waals surface area (Å²) in [6, 6.07) is 6.44. The molecule has 1 aliphatic rings. The van der Waals surface area contributed by atoms with Crippen LogP contribution in [0.4, 0.5) is 5.82 Å². The lowest BCUT2D eigenvalue weighted by Crippen LogP contribution is -2.42. The molecular formula is C25H29N7O5. The van der Waals surface area contributed by atoms with Crippen LogP contribution in [0.2, 0.25) is 0 Å². The minimum absolute atomic E-state index is 0.190. The van der Waals surface area contributed by atoms with Crippen molar-refractivity contribution >= 4 is 29.0 Å². The van der Waals surface area contributed by atoms with Gasteiger partial charge in [-0.2, -0.15) is 0 Å². The first kappa shape index (κ1) is 26.2. The largest absolute Gasteiger partial charge is 0.480 e. The van der Waals surface area contributed by atoms with E-state index >= 15 is 0 Å². The first-order valence-corrected chi connectivity index (χ1v) is 11.7. The van der Waals surface area contributed by atoms with Crippen molar-refractivity contribution in [2.24, 2.45) is 5.73 Å². The maximum absolute atomic E-state index is 11.2. The van der Waals surface area contributed by atoms with Crippen molar-refractivity contribution in [3.8, 4) is 12.3 Å². The molecule has 4 rings (SSSR count). The number of aliphatic carboxylic acids is 1. The summed E-state index contributed by atoms with van der Waals surface area (Å²) in [7, 11) is 0. The molecule has 0 saturated carbocycles. The molecule has 3 heterocycles. The summed E-state index contributed by atoms with van der Waals surface area (Å²) < 4.78 is 7.55. The number of nitrogen functional groups attached to an aromatic ring is 1. The third-order valence-electron chi connectivity index (χ3n) is 6.26. The van der Waals surface area contributed by atoms with Crippen LogP contribution in [0.1, 0.15) is 23.8 Å². The lowest BCUT2D eigenvalue weighted by Gasteiger charge is -2.26. The molecule has 5 atom stereocenters. The predicted molar refractivity (Wildman–Crippen MR) is 136 cm³/mol. The number of carboxylic acid groups (broad SMARTS) is 1. The molecular weight excluding hydrogens is 478 g/mol. The van der Waals surface area contributed by atoms with Crippen LogP contribution in [0, 0.1) is 12.3 Å². The Morgan fingerprint density at radius 2 is 2.00 bits per heavy atom. The highest BCUT2D eigenvalue weighted by Gasteiger charge is 2.44. The number of ether oxygens (including phenoxy) is 1. The lowest BCUT2D eigenvalue weighted by molar-refractivity contribution is -0.138. The molecule has 0 amide bonds. The smallest absolute Gasteiger partial charge is 0.320 e. The lowest BCUT2D eigenvalue weighted by atomic mass is 10.1. The van der Waals surface area contributed by atoms with E-state index in [1.54, 1.807) is 0 Å². The highest BCUT2D eigenvalue weighted by atomic mass is 16.6. The summed E-state index contributed by atoms with van der Waals surface area (Å²) in [5.74, 6) is 1.67. The molecule has 0 aliphatic carbocycles. The van der Waals surface area contributed by atoms with Crippen molar-refractivity contribution in [2.75, 3.05) is 25.4 Å². The molecule has 0 unspecified atom stereocenters. The van der Waals surface area contributed by atoms with Crippen LogP contribution >= 0.6 is 0 Å². The number of nitrogens with two attached hydrogens (primary N) is 2. The van der Waals surface area contributed by atoms with Gasteiger partial charge in [-0.3, -0.25) is 14.3 Å². The topological polar surface area (TPSA) is 186 Å². The third-order valence-corrected chi connectivity index (χ3v) is 6.26. The van der Waals surface area contributed by atoms with Crippen LogP contribution in [0.25, 0.3) is 17.2 Å². The van der Waals surface area contributed by atoms with Crippen LogP contribution in [0.15, 0.2) is 43.0 Å². The zero-order valence-corrected chi connectivity index (χ0v) is 20.0. The number of carboxylic acids is 1. The molecule has 12 nitrogen and oxygen atoms in total. The first-order chi connectivity index (χ1) is 17.8. The Hall–Kier alpha value is -3.86. The molecule has 37 heavy (non-hydrogen) atoms. The molecule has 1 aliphatic heterocycles. The molecule has 0 spiro atoms. The fourth-order valence-electron chi connectivity index (χ4n) is 4.15. The number of anilines is 1. The number of carbonyl (C=O) groups is 1. The number of terminal acetylenes is 1. The quantitative estimate of drug-likeness (QED) is 0.229. The molecule has 2 aromatic heterocycles. The monoisotopic (exact) mass is 507 g/mol. The Kier molecular flexibility index (Phi) is 8.12. The summed E-state index contributed by atoms with van der Waals surface area (Å²) in [4.78, 5) is 25.4. The van der Waals surface area contributed by atoms with E-state index in [2.05, 4.69) is 20.9 Å². The molecule has 1 fully saturated rings. The Morgan fingerprint density at radius 3 is 2.70 bits per heavy atom. The number of aliphatic hydroxyl groups is 2. The van der Waals surface area contributed by atoms with Gasteiger partial charge in [0.1, 0.15) is 36.2 Å². The van der Waals surface area contributed by atoms with Crippen molar-refractivity contribution in [1.82, 2.24) is 24.4 Å². The average Bonchev–Trinajstić information content (AvgIpc) is 3.44. The van der Waals surface area contributed by atoms with Gasteiger partial charge in [-0.15, -0.1) is 6.42 Å². The van der Waals surface area contributed by atoms with Gasteiger partial charge in [0.25, 0.3) is 0 Å². The molecule has 1 saturated heterocycles. The van der Waals surface area contributed by atoms with Gasteiger partial charge in [0, 0.05) is 25.2 Å². The third kappa shape index (κ3) is 5.93. The molecule has 12 heteroatoms. The highest BCUT2D eigenvalue weighted by molar-refractivity contribution is 5.81. The Morgan fingerprint density at radius 1 is 1.24 bits per heavy atom. The maximum Gasteiger partial charge on any atom is 0.320 e. The van der Waals surface area contributed by atoms with E-state index in [1.165, 1.54) is 17.2 Å². The van der Waals surface area contributed by atoms with Crippen molar-refractivity contribution in [2.45, 2.75) is 37.0 Å². The zero-order chi connectivity index (χ0) is 26.5. The first-order valence-electron chi connectivity index (χ1n) is 11.7. The van der Waals surface area contributed by atoms with Crippen LogP contribution in [-0.2, 0) is 9.53 Å². The van der Waals surface area contributed by atoms with Crippen molar-refractivity contribution in [3.05, 3.63) is 54.1 Å². The normalized spacial score (nSPS) is 22.6. The van der Waals surface area contributed by atoms with Gasteiger partial charge >= 0.3 is 5.97 Å². The Labute approximate surface area is 213 Å². The molecule has 3 aromatic rings. The van der Waals surface area contributed by atoms with Crippen LogP contribution in [0.5, 0.6) is 0 Å². The number of hydrogen-bond donors (Lipinski definition) is 5. The van der Waals surface area contributed by atoms with Gasteiger partial charge in [-0.05, 0) is 24.1 Å². The number of aliphatic hydroxyl groups excluding tert-OH is 2. The second-order valence-electron chi connectivity index (χ2n) is 8.79. The summed E-state index contributed by atoms with van der Waals surface area (Å²) in [5, 5.41) is 30.7. The van der Waals surface area contributed by atoms with Gasteiger partial charge in [-0.1, -0.05) is 30.2 Å². The average molecular weight is 508 g/mol. The Balaban J connectivity index is 1.47. The second kappa shape index (κ2) is 11.5. The summed E-state index contributed by atoms with van der Waals surface area (Å²) in [6.07, 6.45) is 7.93. The number of rotatable bonds is 10. The van der Waals surface area contributed by atoms with E-state index in [-0.39, 0.29) is 18.8 Å². The van der Waals surface area contributed by atoms with E-state index in [4.69, 9.17) is 22.6 Å². The maximum atomic E-state index is 11.2. The molecule has 7 N–H and O–H groups in total. The molecule has 0 radical (unpaired) electrons. The molecule has 0 bridgehead atoms. The summed E-state index contributed by atoms with van der Waals surface area (Å²) >= 11 is 0. The van der Waals surface area contributed by atoms with Gasteiger partial charge in [0.05, 0.1) is 6.33 Å². The van der Waals surface area contributed by atoms with E-state index in [9.17, 15) is 20.1 Å². The fourth-order valence-corrected chi connectivity index (χ4v) is 4.15. The molecule has 1 aromatic carbocycles. The summed E-state index contributed by atoms with van der Waals surface area (Å²) in [5.41, 5.74) is 14.0. The second-order valence-corrected chi connectivity index (χ2v) is 8.79. The van der Waals surface area contributed by atoms with E-state index in [0.29, 0.717) is 24.3 Å². The summed E-state index contributed by atoms with van der Waals surface area (Å²) in [6.45, 7) is 0.971. The number of fused-ring (bicyclic) bond motifs is 1. The minimum Gasteiger partial charge on any atom is -0.480 e. The van der Waals surface area contributed by atoms with Gasteiger partial charge in [-0.25, -0.2) is 15.0 Å². The van der Waals surface area contributed by atoms with Crippen molar-refractivity contribution < 1.29 is 24.9 Å². The number of hydrogen-bond acceptors (Lipinski definition) is 10.